The van der Waals surface area contributed by atoms with Crippen molar-refractivity contribution in [2.24, 2.45) is 0 Å². The lowest BCUT2D eigenvalue weighted by atomic mass is 10.1. The molecule has 1 unspecified atom stereocenters. The number of hydrogen-bond acceptors (Lipinski definition) is 5. The van der Waals surface area contributed by atoms with E-state index in [2.05, 4.69) is 10.3 Å². The average Bonchev–Trinajstić information content (AvgIpc) is 3.35. The van der Waals surface area contributed by atoms with E-state index in [4.69, 9.17) is 5.11 Å². The standard InChI is InChI=1S/C22H23FN4O3S/c1-14-9-19(20(28)24-17-6-4-15(5-7-17)21(29)30)27(10-14)12-18-13-31-22(25-18)26-8-2-3-16(23)11-26/h4-7,9-10,13,16H,2-3,8,11-12H2,1H3,(H,24,28)(H,29,30). The number of halogens is 1. The summed E-state index contributed by atoms with van der Waals surface area (Å²) < 4.78 is 15.6. The first kappa shape index (κ1) is 21.0. The molecule has 3 heterocycles. The molecule has 1 atom stereocenters. The fraction of sp³-hybridized carbons (Fsp3) is 0.318. The molecule has 1 saturated heterocycles. The fourth-order valence-electron chi connectivity index (χ4n) is 3.66. The van der Waals surface area contributed by atoms with Gasteiger partial charge >= 0.3 is 5.97 Å². The minimum absolute atomic E-state index is 0.157. The Morgan fingerprint density at radius 3 is 2.81 bits per heavy atom. The quantitative estimate of drug-likeness (QED) is 0.598. The molecule has 0 radical (unpaired) electrons. The Labute approximate surface area is 183 Å². The minimum Gasteiger partial charge on any atom is -0.478 e. The largest absolute Gasteiger partial charge is 0.478 e. The number of aryl methyl sites for hydroxylation is 1. The van der Waals surface area contributed by atoms with Crippen LogP contribution >= 0.6 is 11.3 Å². The van der Waals surface area contributed by atoms with Crippen LogP contribution in [0, 0.1) is 6.92 Å². The molecular formula is C22H23FN4O3S. The molecule has 9 heteroatoms. The molecule has 3 aromatic rings. The molecule has 0 saturated carbocycles. The summed E-state index contributed by atoms with van der Waals surface area (Å²) in [5.41, 5.74) is 2.91. The van der Waals surface area contributed by atoms with Crippen molar-refractivity contribution >= 4 is 34.0 Å². The number of carbonyl (C=O) groups excluding carboxylic acids is 1. The highest BCUT2D eigenvalue weighted by Crippen LogP contribution is 2.26. The number of benzene rings is 1. The highest BCUT2D eigenvalue weighted by atomic mass is 32.1. The van der Waals surface area contributed by atoms with Crippen LogP contribution in [-0.2, 0) is 6.54 Å². The van der Waals surface area contributed by atoms with Gasteiger partial charge in [0.05, 0.1) is 24.3 Å². The summed E-state index contributed by atoms with van der Waals surface area (Å²) in [6, 6.07) is 7.81. The van der Waals surface area contributed by atoms with Crippen molar-refractivity contribution in [3.05, 3.63) is 64.4 Å². The van der Waals surface area contributed by atoms with Gasteiger partial charge in [-0.3, -0.25) is 4.79 Å². The van der Waals surface area contributed by atoms with E-state index in [9.17, 15) is 14.0 Å². The van der Waals surface area contributed by atoms with Gasteiger partial charge in [-0.1, -0.05) is 0 Å². The number of nitrogens with zero attached hydrogens (tertiary/aromatic N) is 3. The number of amides is 1. The average molecular weight is 443 g/mol. The van der Waals surface area contributed by atoms with Crippen molar-refractivity contribution in [2.45, 2.75) is 32.5 Å². The number of alkyl halides is 1. The highest BCUT2D eigenvalue weighted by molar-refractivity contribution is 7.13. The van der Waals surface area contributed by atoms with Gasteiger partial charge in [0.1, 0.15) is 11.9 Å². The van der Waals surface area contributed by atoms with Crippen LogP contribution in [0.15, 0.2) is 41.9 Å². The predicted octanol–water partition coefficient (Wildman–Crippen LogP) is 4.19. The zero-order chi connectivity index (χ0) is 22.0. The van der Waals surface area contributed by atoms with Gasteiger partial charge in [0.15, 0.2) is 5.13 Å². The van der Waals surface area contributed by atoms with E-state index in [0.29, 0.717) is 30.9 Å². The molecule has 0 bridgehead atoms. The molecule has 2 N–H and O–H groups in total. The van der Waals surface area contributed by atoms with Crippen molar-refractivity contribution in [1.82, 2.24) is 9.55 Å². The topological polar surface area (TPSA) is 87.5 Å². The SMILES string of the molecule is Cc1cc(C(=O)Nc2ccc(C(=O)O)cc2)n(Cc2csc(N3CCCC(F)C3)n2)c1. The van der Waals surface area contributed by atoms with Gasteiger partial charge < -0.3 is 19.9 Å². The molecule has 1 aliphatic heterocycles. The van der Waals surface area contributed by atoms with Gasteiger partial charge in [-0.05, 0) is 55.7 Å². The first-order valence-corrected chi connectivity index (χ1v) is 10.9. The van der Waals surface area contributed by atoms with E-state index in [1.165, 1.54) is 23.5 Å². The van der Waals surface area contributed by atoms with E-state index in [0.717, 1.165) is 29.4 Å². The second kappa shape index (κ2) is 8.89. The van der Waals surface area contributed by atoms with Crippen LogP contribution in [-0.4, -0.2) is 45.8 Å². The predicted molar refractivity (Wildman–Crippen MR) is 118 cm³/mol. The molecule has 4 rings (SSSR count). The Morgan fingerprint density at radius 1 is 1.32 bits per heavy atom. The maximum Gasteiger partial charge on any atom is 0.335 e. The summed E-state index contributed by atoms with van der Waals surface area (Å²) in [6.07, 6.45) is 2.51. The number of anilines is 2. The van der Waals surface area contributed by atoms with Crippen molar-refractivity contribution in [2.75, 3.05) is 23.3 Å². The van der Waals surface area contributed by atoms with Gasteiger partial charge in [-0.25, -0.2) is 14.2 Å². The van der Waals surface area contributed by atoms with Crippen LogP contribution in [0.3, 0.4) is 0 Å². The first-order chi connectivity index (χ1) is 14.9. The summed E-state index contributed by atoms with van der Waals surface area (Å²) in [5.74, 6) is -1.31. The zero-order valence-electron chi connectivity index (χ0n) is 17.0. The maximum atomic E-state index is 13.7. The molecular weight excluding hydrogens is 419 g/mol. The van der Waals surface area contributed by atoms with Crippen LogP contribution in [0.2, 0.25) is 0 Å². The Bertz CT molecular complexity index is 1090. The number of hydrogen-bond donors (Lipinski definition) is 2. The maximum absolute atomic E-state index is 13.7. The van der Waals surface area contributed by atoms with Crippen LogP contribution in [0.25, 0.3) is 0 Å². The van der Waals surface area contributed by atoms with Gasteiger partial charge in [0, 0.05) is 23.8 Å². The Hall–Kier alpha value is -3.20. The van der Waals surface area contributed by atoms with Gasteiger partial charge in [0.25, 0.3) is 5.91 Å². The van der Waals surface area contributed by atoms with Crippen LogP contribution in [0.5, 0.6) is 0 Å². The normalized spacial score (nSPS) is 16.3. The molecule has 0 aliphatic carbocycles. The van der Waals surface area contributed by atoms with E-state index >= 15 is 0 Å². The lowest BCUT2D eigenvalue weighted by Crippen LogP contribution is -2.36. The number of thiazole rings is 1. The third kappa shape index (κ3) is 4.93. The molecule has 31 heavy (non-hydrogen) atoms. The Balaban J connectivity index is 1.47. The third-order valence-corrected chi connectivity index (χ3v) is 6.11. The number of aromatic nitrogens is 2. The molecule has 2 aromatic heterocycles. The first-order valence-electron chi connectivity index (χ1n) is 10.0. The van der Waals surface area contributed by atoms with Gasteiger partial charge in [0.2, 0.25) is 0 Å². The van der Waals surface area contributed by atoms with Crippen LogP contribution < -0.4 is 10.2 Å². The molecule has 1 fully saturated rings. The van der Waals surface area contributed by atoms with Crippen LogP contribution in [0.4, 0.5) is 15.2 Å². The van der Waals surface area contributed by atoms with Gasteiger partial charge in [-0.2, -0.15) is 0 Å². The summed E-state index contributed by atoms with van der Waals surface area (Å²) >= 11 is 1.49. The summed E-state index contributed by atoms with van der Waals surface area (Å²) in [5, 5.41) is 14.6. The van der Waals surface area contributed by atoms with Crippen molar-refractivity contribution < 1.29 is 19.1 Å². The molecule has 1 aliphatic rings. The monoisotopic (exact) mass is 442 g/mol. The number of nitrogens with one attached hydrogen (secondary N) is 1. The number of carboxylic acid groups (broad SMARTS) is 1. The van der Waals surface area contributed by atoms with E-state index in [1.807, 2.05) is 28.0 Å². The van der Waals surface area contributed by atoms with Crippen molar-refractivity contribution in [3.8, 4) is 0 Å². The van der Waals surface area contributed by atoms with E-state index in [1.54, 1.807) is 18.2 Å². The summed E-state index contributed by atoms with van der Waals surface area (Å²) in [6.45, 7) is 3.53. The van der Waals surface area contributed by atoms with Crippen molar-refractivity contribution in [3.63, 3.8) is 0 Å². The number of piperidine rings is 1. The number of rotatable bonds is 6. The highest BCUT2D eigenvalue weighted by Gasteiger charge is 2.22. The van der Waals surface area contributed by atoms with Gasteiger partial charge in [-0.15, -0.1) is 11.3 Å². The Kier molecular flexibility index (Phi) is 6.03. The number of carboxylic acids is 1. The zero-order valence-corrected chi connectivity index (χ0v) is 17.9. The third-order valence-electron chi connectivity index (χ3n) is 5.16. The molecule has 1 amide bonds. The smallest absolute Gasteiger partial charge is 0.335 e. The summed E-state index contributed by atoms with van der Waals surface area (Å²) in [4.78, 5) is 30.4. The Morgan fingerprint density at radius 2 is 2.10 bits per heavy atom. The second-order valence-corrected chi connectivity index (χ2v) is 8.51. The van der Waals surface area contributed by atoms with Crippen molar-refractivity contribution in [1.29, 1.82) is 0 Å². The van der Waals surface area contributed by atoms with Crippen LogP contribution in [0.1, 0.15) is 44.9 Å². The molecule has 0 spiro atoms. The van der Waals surface area contributed by atoms with E-state index in [-0.39, 0.29) is 11.5 Å². The lowest BCUT2D eigenvalue weighted by molar-refractivity contribution is 0.0696. The van der Waals surface area contributed by atoms with E-state index < -0.39 is 12.1 Å². The minimum atomic E-state index is -1.02. The molecule has 162 valence electrons. The summed E-state index contributed by atoms with van der Waals surface area (Å²) in [7, 11) is 0. The molecule has 7 nitrogen and oxygen atoms in total. The number of carbonyl (C=O) groups is 2. The fourth-order valence-corrected chi connectivity index (χ4v) is 4.51. The number of aromatic carboxylic acids is 1. The molecule has 1 aromatic carbocycles. The second-order valence-electron chi connectivity index (χ2n) is 7.67. The lowest BCUT2D eigenvalue weighted by Gasteiger charge is -2.28.